The van der Waals surface area contributed by atoms with Crippen molar-refractivity contribution in [2.24, 2.45) is 0 Å². The fourth-order valence-corrected chi connectivity index (χ4v) is 4.70. The van der Waals surface area contributed by atoms with Crippen LogP contribution in [-0.4, -0.2) is 29.5 Å². The van der Waals surface area contributed by atoms with Gasteiger partial charge < -0.3 is 19.3 Å². The number of allylic oxidation sites excluding steroid dienone is 1. The molecule has 1 atom stereocenters. The highest BCUT2D eigenvalue weighted by atomic mass is 32.1. The number of ether oxygens (including phenoxy) is 2. The standard InChI is InChI=1S/C28H26N4O3S/c1-17-10-12-20(13-11-17)26-30-27(35-31-26)24-18(2)32(21-14-15-22(33-3)23(16-21)34-4)28(36)29-25(24)19-8-6-5-7-9-19/h5-16,25H,1-4H3,(H,29,36). The smallest absolute Gasteiger partial charge is 0.258 e. The van der Waals surface area contributed by atoms with Crippen LogP contribution in [0.3, 0.4) is 0 Å². The summed E-state index contributed by atoms with van der Waals surface area (Å²) in [6.07, 6.45) is 0. The number of aromatic nitrogens is 2. The summed E-state index contributed by atoms with van der Waals surface area (Å²) in [5.41, 5.74) is 5.64. The summed E-state index contributed by atoms with van der Waals surface area (Å²) in [7, 11) is 3.22. The highest BCUT2D eigenvalue weighted by molar-refractivity contribution is 7.80. The number of thiocarbonyl (C=S) groups is 1. The summed E-state index contributed by atoms with van der Waals surface area (Å²) in [6.45, 7) is 4.05. The van der Waals surface area contributed by atoms with Gasteiger partial charge in [0.25, 0.3) is 5.89 Å². The van der Waals surface area contributed by atoms with Crippen molar-refractivity contribution in [2.45, 2.75) is 19.9 Å². The second-order valence-corrected chi connectivity index (χ2v) is 8.84. The van der Waals surface area contributed by atoms with Gasteiger partial charge in [0.05, 0.1) is 31.5 Å². The predicted molar refractivity (Wildman–Crippen MR) is 144 cm³/mol. The molecule has 0 radical (unpaired) electrons. The summed E-state index contributed by atoms with van der Waals surface area (Å²) in [5.74, 6) is 2.21. The topological polar surface area (TPSA) is 72.7 Å². The maximum atomic E-state index is 5.84. The number of benzene rings is 3. The summed E-state index contributed by atoms with van der Waals surface area (Å²) in [5, 5.41) is 8.32. The zero-order valence-corrected chi connectivity index (χ0v) is 21.3. The molecule has 1 aliphatic heterocycles. The molecule has 3 aromatic carbocycles. The molecular formula is C28H26N4O3S. The summed E-state index contributed by atoms with van der Waals surface area (Å²) in [4.78, 5) is 6.73. The minimum atomic E-state index is -0.263. The third kappa shape index (κ3) is 4.31. The van der Waals surface area contributed by atoms with E-state index >= 15 is 0 Å². The van der Waals surface area contributed by atoms with Gasteiger partial charge in [-0.1, -0.05) is 65.3 Å². The van der Waals surface area contributed by atoms with Gasteiger partial charge in [0, 0.05) is 17.3 Å². The first-order chi connectivity index (χ1) is 17.5. The van der Waals surface area contributed by atoms with Crippen molar-refractivity contribution in [3.63, 3.8) is 0 Å². The molecule has 36 heavy (non-hydrogen) atoms. The summed E-state index contributed by atoms with van der Waals surface area (Å²) in [6, 6.07) is 23.5. The van der Waals surface area contributed by atoms with Crippen LogP contribution >= 0.6 is 12.2 Å². The van der Waals surface area contributed by atoms with E-state index in [-0.39, 0.29) is 6.04 Å². The van der Waals surface area contributed by atoms with Crippen molar-refractivity contribution in [1.82, 2.24) is 15.5 Å². The van der Waals surface area contributed by atoms with E-state index < -0.39 is 0 Å². The SMILES string of the molecule is COc1ccc(N2C(=S)NC(c3ccccc3)C(c3nc(-c4ccc(C)cc4)no3)=C2C)cc1OC. The normalized spacial score (nSPS) is 15.6. The van der Waals surface area contributed by atoms with Crippen molar-refractivity contribution in [1.29, 1.82) is 0 Å². The highest BCUT2D eigenvalue weighted by Crippen LogP contribution is 2.41. The van der Waals surface area contributed by atoms with Gasteiger partial charge in [0.2, 0.25) is 5.82 Å². The van der Waals surface area contributed by atoms with Gasteiger partial charge in [0.15, 0.2) is 16.6 Å². The number of rotatable bonds is 6. The number of nitrogens with one attached hydrogen (secondary N) is 1. The molecule has 1 N–H and O–H groups in total. The minimum absolute atomic E-state index is 0.263. The molecule has 7 nitrogen and oxygen atoms in total. The Bertz CT molecular complexity index is 1430. The molecule has 0 saturated carbocycles. The first-order valence-corrected chi connectivity index (χ1v) is 11.9. The second kappa shape index (κ2) is 9.83. The predicted octanol–water partition coefficient (Wildman–Crippen LogP) is 5.93. The monoisotopic (exact) mass is 498 g/mol. The lowest BCUT2D eigenvalue weighted by atomic mass is 9.94. The number of hydrogen-bond donors (Lipinski definition) is 1. The van der Waals surface area contributed by atoms with Crippen LogP contribution in [0.25, 0.3) is 17.0 Å². The van der Waals surface area contributed by atoms with E-state index in [1.807, 2.05) is 79.4 Å². The zero-order valence-electron chi connectivity index (χ0n) is 20.5. The largest absolute Gasteiger partial charge is 0.493 e. The Morgan fingerprint density at radius 3 is 2.33 bits per heavy atom. The lowest BCUT2D eigenvalue weighted by molar-refractivity contribution is 0.355. The number of aryl methyl sites for hydroxylation is 1. The van der Waals surface area contributed by atoms with E-state index in [1.165, 1.54) is 5.56 Å². The highest BCUT2D eigenvalue weighted by Gasteiger charge is 2.35. The molecule has 182 valence electrons. The first kappa shape index (κ1) is 23.6. The van der Waals surface area contributed by atoms with E-state index in [9.17, 15) is 0 Å². The molecule has 1 unspecified atom stereocenters. The molecule has 0 fully saturated rings. The lowest BCUT2D eigenvalue weighted by Gasteiger charge is -2.37. The average molecular weight is 499 g/mol. The molecule has 2 heterocycles. The number of hydrogen-bond acceptors (Lipinski definition) is 6. The fourth-order valence-electron chi connectivity index (χ4n) is 4.34. The van der Waals surface area contributed by atoms with Gasteiger partial charge in [-0.05, 0) is 43.8 Å². The Balaban J connectivity index is 1.65. The molecule has 0 saturated heterocycles. The van der Waals surface area contributed by atoms with E-state index in [0.29, 0.717) is 28.3 Å². The third-order valence-corrected chi connectivity index (χ3v) is 6.51. The van der Waals surface area contributed by atoms with Crippen LogP contribution in [0, 0.1) is 6.92 Å². The van der Waals surface area contributed by atoms with Crippen LogP contribution in [0.4, 0.5) is 5.69 Å². The Hall–Kier alpha value is -4.17. The van der Waals surface area contributed by atoms with Gasteiger partial charge in [-0.15, -0.1) is 0 Å². The minimum Gasteiger partial charge on any atom is -0.493 e. The molecule has 0 spiro atoms. The van der Waals surface area contributed by atoms with Crippen LogP contribution in [0.15, 0.2) is 83.0 Å². The van der Waals surface area contributed by atoms with Gasteiger partial charge in [-0.25, -0.2) is 0 Å². The quantitative estimate of drug-likeness (QED) is 0.328. The van der Waals surface area contributed by atoms with Crippen molar-refractivity contribution >= 4 is 28.6 Å². The lowest BCUT2D eigenvalue weighted by Crippen LogP contribution is -2.46. The van der Waals surface area contributed by atoms with Crippen LogP contribution < -0.4 is 19.7 Å². The summed E-state index contributed by atoms with van der Waals surface area (Å²) < 4.78 is 16.8. The van der Waals surface area contributed by atoms with Crippen molar-refractivity contribution in [3.05, 3.63) is 95.5 Å². The molecule has 4 aromatic rings. The van der Waals surface area contributed by atoms with Crippen molar-refractivity contribution < 1.29 is 14.0 Å². The van der Waals surface area contributed by atoms with Gasteiger partial charge in [-0.3, -0.25) is 4.90 Å². The van der Waals surface area contributed by atoms with E-state index in [4.69, 9.17) is 31.2 Å². The van der Waals surface area contributed by atoms with Crippen LogP contribution in [0.1, 0.15) is 30.0 Å². The second-order valence-electron chi connectivity index (χ2n) is 8.46. The third-order valence-electron chi connectivity index (χ3n) is 6.21. The Morgan fingerprint density at radius 2 is 1.64 bits per heavy atom. The molecule has 0 bridgehead atoms. The van der Waals surface area contributed by atoms with Gasteiger partial charge >= 0.3 is 0 Å². The molecule has 5 rings (SSSR count). The molecular weight excluding hydrogens is 472 g/mol. The van der Waals surface area contributed by atoms with Crippen LogP contribution in [0.2, 0.25) is 0 Å². The zero-order chi connectivity index (χ0) is 25.2. The van der Waals surface area contributed by atoms with Crippen LogP contribution in [-0.2, 0) is 0 Å². The maximum Gasteiger partial charge on any atom is 0.258 e. The van der Waals surface area contributed by atoms with E-state index in [0.717, 1.165) is 28.1 Å². The van der Waals surface area contributed by atoms with E-state index in [2.05, 4.69) is 22.6 Å². The molecule has 0 amide bonds. The Kier molecular flexibility index (Phi) is 6.43. The number of methoxy groups -OCH3 is 2. The van der Waals surface area contributed by atoms with E-state index in [1.54, 1.807) is 14.2 Å². The van der Waals surface area contributed by atoms with Gasteiger partial charge in [-0.2, -0.15) is 4.98 Å². The maximum absolute atomic E-state index is 5.84. The Morgan fingerprint density at radius 1 is 0.917 bits per heavy atom. The van der Waals surface area contributed by atoms with Gasteiger partial charge in [0.1, 0.15) is 0 Å². The average Bonchev–Trinajstić information content (AvgIpc) is 3.39. The number of anilines is 1. The molecule has 1 aromatic heterocycles. The molecule has 0 aliphatic carbocycles. The molecule has 1 aliphatic rings. The fraction of sp³-hybridized carbons (Fsp3) is 0.179. The van der Waals surface area contributed by atoms with Crippen molar-refractivity contribution in [3.8, 4) is 22.9 Å². The number of nitrogens with zero attached hydrogens (tertiary/aromatic N) is 3. The van der Waals surface area contributed by atoms with Crippen LogP contribution in [0.5, 0.6) is 11.5 Å². The van der Waals surface area contributed by atoms with Crippen molar-refractivity contribution in [2.75, 3.05) is 19.1 Å². The Labute approximate surface area is 215 Å². The first-order valence-electron chi connectivity index (χ1n) is 11.5. The summed E-state index contributed by atoms with van der Waals surface area (Å²) >= 11 is 5.84. The molecule has 8 heteroatoms.